The molecule has 0 atom stereocenters. The summed E-state index contributed by atoms with van der Waals surface area (Å²) in [6.07, 6.45) is 4.15. The molecule has 352 valence electrons. The number of pyridine rings is 1. The van der Waals surface area contributed by atoms with Crippen molar-refractivity contribution >= 4 is 40.3 Å². The summed E-state index contributed by atoms with van der Waals surface area (Å²) in [4.78, 5) is 80.6. The number of carbonyl (C=O) groups excluding carboxylic acids is 4. The van der Waals surface area contributed by atoms with Gasteiger partial charge in [0.2, 0.25) is 5.91 Å². The molecule has 0 saturated carbocycles. The van der Waals surface area contributed by atoms with Crippen LogP contribution in [0.1, 0.15) is 78.2 Å². The monoisotopic (exact) mass is 913 g/mol. The zero-order valence-corrected chi connectivity index (χ0v) is 38.9. The standard InChI is InChI=1S/C51H60FN9O6/c1-5-34-9-8-10-37(27-34)38-30-44(54-50(66)67-51(2,3)4)46(53-31-38)49(65)61-21-19-58(20-22-61)32-35-15-17-57(18-16-35)33-45(62)59-23-25-60(26-24-59)48(64)41-28-36(13-14-42(41)52)29-43-39-11-6-7-12-40(39)47(63)56-55-43/h6-14,27-28,30-31,35H,5,15-26,29,32-33H2,1-4H3,(H,54,66)(H,56,63). The Balaban J connectivity index is 0.782. The van der Waals surface area contributed by atoms with Crippen LogP contribution in [0.2, 0.25) is 0 Å². The summed E-state index contributed by atoms with van der Waals surface area (Å²) < 4.78 is 20.6. The Hall–Kier alpha value is -6.52. The van der Waals surface area contributed by atoms with Crippen LogP contribution >= 0.6 is 0 Å². The Labute approximate surface area is 390 Å². The van der Waals surface area contributed by atoms with Crippen LogP contribution in [0.5, 0.6) is 0 Å². The molecule has 0 aliphatic carbocycles. The molecule has 0 radical (unpaired) electrons. The van der Waals surface area contributed by atoms with Gasteiger partial charge in [-0.2, -0.15) is 5.10 Å². The zero-order chi connectivity index (χ0) is 47.2. The molecule has 3 fully saturated rings. The molecule has 0 bridgehead atoms. The van der Waals surface area contributed by atoms with Gasteiger partial charge < -0.3 is 19.4 Å². The molecule has 4 amide bonds. The van der Waals surface area contributed by atoms with E-state index in [9.17, 15) is 24.0 Å². The fourth-order valence-electron chi connectivity index (χ4n) is 9.21. The van der Waals surface area contributed by atoms with Gasteiger partial charge in [-0.3, -0.25) is 34.3 Å². The number of hydrogen-bond acceptors (Lipinski definition) is 10. The molecule has 3 aromatic carbocycles. The minimum atomic E-state index is -0.716. The average molecular weight is 914 g/mol. The van der Waals surface area contributed by atoms with E-state index < -0.39 is 23.4 Å². The fourth-order valence-corrected chi connectivity index (χ4v) is 9.21. The van der Waals surface area contributed by atoms with Gasteiger partial charge in [-0.1, -0.05) is 55.5 Å². The van der Waals surface area contributed by atoms with Gasteiger partial charge in [-0.15, -0.1) is 0 Å². The van der Waals surface area contributed by atoms with Crippen LogP contribution in [0.3, 0.4) is 0 Å². The van der Waals surface area contributed by atoms with E-state index >= 15 is 4.39 Å². The molecule has 67 heavy (non-hydrogen) atoms. The minimum absolute atomic E-state index is 0.0272. The van der Waals surface area contributed by atoms with Crippen molar-refractivity contribution in [1.29, 1.82) is 0 Å². The van der Waals surface area contributed by atoms with Crippen LogP contribution in [0.15, 0.2) is 83.8 Å². The first-order valence-electron chi connectivity index (χ1n) is 23.4. The summed E-state index contributed by atoms with van der Waals surface area (Å²) >= 11 is 0. The van der Waals surface area contributed by atoms with Gasteiger partial charge in [-0.25, -0.2) is 19.3 Å². The third-order valence-corrected chi connectivity index (χ3v) is 13.0. The lowest BCUT2D eigenvalue weighted by molar-refractivity contribution is -0.134. The van der Waals surface area contributed by atoms with Crippen molar-refractivity contribution in [3.8, 4) is 11.1 Å². The molecule has 8 rings (SSSR count). The highest BCUT2D eigenvalue weighted by atomic mass is 19.1. The van der Waals surface area contributed by atoms with Crippen LogP contribution in [0.4, 0.5) is 14.9 Å². The number of anilines is 1. The first-order chi connectivity index (χ1) is 32.2. The number of aromatic amines is 1. The number of rotatable bonds is 11. The molecule has 5 aromatic rings. The zero-order valence-electron chi connectivity index (χ0n) is 38.9. The summed E-state index contributed by atoms with van der Waals surface area (Å²) in [6, 6.07) is 21.5. The Morgan fingerprint density at radius 2 is 1.45 bits per heavy atom. The van der Waals surface area contributed by atoms with Gasteiger partial charge in [0.25, 0.3) is 17.4 Å². The van der Waals surface area contributed by atoms with Gasteiger partial charge in [-0.05, 0) is 100.0 Å². The quantitative estimate of drug-likeness (QED) is 0.159. The topological polar surface area (TPSA) is 164 Å². The number of hydrogen-bond donors (Lipinski definition) is 2. The minimum Gasteiger partial charge on any atom is -0.444 e. The van der Waals surface area contributed by atoms with E-state index in [-0.39, 0.29) is 28.6 Å². The first kappa shape index (κ1) is 47.0. The molecule has 15 nitrogen and oxygen atoms in total. The predicted molar refractivity (Wildman–Crippen MR) is 254 cm³/mol. The van der Waals surface area contributed by atoms with E-state index in [0.717, 1.165) is 63.1 Å². The Bertz CT molecular complexity index is 2680. The molecular weight excluding hydrogens is 854 g/mol. The van der Waals surface area contributed by atoms with Crippen molar-refractivity contribution in [2.24, 2.45) is 5.92 Å². The summed E-state index contributed by atoms with van der Waals surface area (Å²) in [5.41, 5.74) is 3.68. The number of nitrogens with one attached hydrogen (secondary N) is 2. The SMILES string of the molecule is CCc1cccc(-c2cnc(C(=O)N3CCN(CC4CCN(CC(=O)N5CCN(C(=O)c6cc(Cc7n[nH]c(=O)c8ccccc78)ccc6F)CC5)CC4)CC3)c(NC(=O)OC(C)(C)C)c2)c1. The molecule has 3 aliphatic heterocycles. The van der Waals surface area contributed by atoms with Crippen LogP contribution in [0, 0.1) is 11.7 Å². The molecule has 16 heteroatoms. The lowest BCUT2D eigenvalue weighted by Gasteiger charge is -2.39. The van der Waals surface area contributed by atoms with Crippen molar-refractivity contribution in [3.63, 3.8) is 0 Å². The number of halogens is 1. The summed E-state index contributed by atoms with van der Waals surface area (Å²) in [6.45, 7) is 14.2. The highest BCUT2D eigenvalue weighted by Crippen LogP contribution is 2.28. The largest absolute Gasteiger partial charge is 0.444 e. The molecule has 0 spiro atoms. The number of aromatic nitrogens is 3. The average Bonchev–Trinajstić information content (AvgIpc) is 3.33. The van der Waals surface area contributed by atoms with Crippen molar-refractivity contribution < 1.29 is 28.3 Å². The maximum atomic E-state index is 15.1. The van der Waals surface area contributed by atoms with Crippen molar-refractivity contribution in [3.05, 3.63) is 123 Å². The van der Waals surface area contributed by atoms with Crippen molar-refractivity contribution in [2.75, 3.05) is 83.9 Å². The Morgan fingerprint density at radius 1 is 0.761 bits per heavy atom. The van der Waals surface area contributed by atoms with Crippen LogP contribution in [-0.4, -0.2) is 148 Å². The molecule has 2 aromatic heterocycles. The highest BCUT2D eigenvalue weighted by molar-refractivity contribution is 6.02. The number of H-pyrrole nitrogens is 1. The Kier molecular flexibility index (Phi) is 14.4. The second-order valence-electron chi connectivity index (χ2n) is 18.8. The maximum absolute atomic E-state index is 15.1. The van der Waals surface area contributed by atoms with Crippen LogP contribution in [0.25, 0.3) is 21.9 Å². The second kappa shape index (κ2) is 20.6. The Morgan fingerprint density at radius 3 is 2.16 bits per heavy atom. The third-order valence-electron chi connectivity index (χ3n) is 13.0. The highest BCUT2D eigenvalue weighted by Gasteiger charge is 2.31. The van der Waals surface area contributed by atoms with Gasteiger partial charge in [0, 0.05) is 82.5 Å². The number of piperidine rings is 1. The summed E-state index contributed by atoms with van der Waals surface area (Å²) in [5.74, 6) is -0.768. The molecule has 2 N–H and O–H groups in total. The lowest BCUT2D eigenvalue weighted by Crippen LogP contribution is -2.53. The van der Waals surface area contributed by atoms with E-state index in [2.05, 4.69) is 49.4 Å². The molecule has 0 unspecified atom stereocenters. The number of fused-ring (bicyclic) bond motifs is 1. The molecule has 3 aliphatic rings. The first-order valence-corrected chi connectivity index (χ1v) is 23.4. The van der Waals surface area contributed by atoms with E-state index in [1.807, 2.05) is 24.3 Å². The van der Waals surface area contributed by atoms with Gasteiger partial charge in [0.15, 0.2) is 5.69 Å². The van der Waals surface area contributed by atoms with Crippen molar-refractivity contribution in [2.45, 2.75) is 59.0 Å². The van der Waals surface area contributed by atoms with E-state index in [1.54, 1.807) is 72.0 Å². The summed E-state index contributed by atoms with van der Waals surface area (Å²) in [5, 5.41) is 10.8. The number of amides is 4. The molecule has 5 heterocycles. The number of carbonyl (C=O) groups is 4. The molecule has 3 saturated heterocycles. The number of aryl methyl sites for hydroxylation is 1. The number of nitrogens with zero attached hydrogens (tertiary/aromatic N) is 7. The second-order valence-corrected chi connectivity index (χ2v) is 18.8. The maximum Gasteiger partial charge on any atom is 0.412 e. The van der Waals surface area contributed by atoms with E-state index in [0.29, 0.717) is 85.9 Å². The lowest BCUT2D eigenvalue weighted by atomic mass is 9.96. The van der Waals surface area contributed by atoms with E-state index in [1.165, 1.54) is 11.6 Å². The number of piperazine rings is 2. The van der Waals surface area contributed by atoms with Gasteiger partial charge in [0.05, 0.1) is 28.9 Å². The fraction of sp³-hybridized carbons (Fsp3) is 0.431. The van der Waals surface area contributed by atoms with Gasteiger partial charge >= 0.3 is 6.09 Å². The van der Waals surface area contributed by atoms with E-state index in [4.69, 9.17) is 4.74 Å². The number of benzene rings is 3. The van der Waals surface area contributed by atoms with Gasteiger partial charge in [0.1, 0.15) is 11.4 Å². The summed E-state index contributed by atoms with van der Waals surface area (Å²) in [7, 11) is 0. The normalized spacial score (nSPS) is 16.6. The van der Waals surface area contributed by atoms with Crippen molar-refractivity contribution in [1.82, 2.24) is 39.7 Å². The smallest absolute Gasteiger partial charge is 0.412 e. The predicted octanol–water partition coefficient (Wildman–Crippen LogP) is 6.08. The molecular formula is C51H60FN9O6. The van der Waals surface area contributed by atoms with Crippen LogP contribution < -0.4 is 10.9 Å². The third kappa shape index (κ3) is 11.5. The number of likely N-dealkylation sites (tertiary alicyclic amines) is 1. The number of ether oxygens (including phenoxy) is 1. The van der Waals surface area contributed by atoms with Crippen LogP contribution in [-0.2, 0) is 22.4 Å².